The van der Waals surface area contributed by atoms with Crippen LogP contribution in [0.4, 0.5) is 27.8 Å². The number of piperidine rings is 2. The second-order valence-electron chi connectivity index (χ2n) is 17.6. The molecule has 2 N–H and O–H groups in total. The Balaban J connectivity index is 0.774. The minimum absolute atomic E-state index is 0.178. The lowest BCUT2D eigenvalue weighted by molar-refractivity contribution is -0.134. The number of imide groups is 1. The highest BCUT2D eigenvalue weighted by atomic mass is 16.6. The Kier molecular flexibility index (Phi) is 10.6. The molecule has 0 bridgehead atoms. The number of ether oxygens (including phenoxy) is 2. The smallest absolute Gasteiger partial charge is 0.415 e. The average Bonchev–Trinajstić information content (AvgIpc) is 3.22. The molecule has 3 amide bonds. The molecule has 1 unspecified atom stereocenters. The zero-order chi connectivity index (χ0) is 41.5. The lowest BCUT2D eigenvalue weighted by atomic mass is 9.88. The highest BCUT2D eigenvalue weighted by Gasteiger charge is 2.33. The van der Waals surface area contributed by atoms with Gasteiger partial charge in [0.15, 0.2) is 0 Å². The van der Waals surface area contributed by atoms with Gasteiger partial charge >= 0.3 is 6.09 Å². The second kappa shape index (κ2) is 16.2. The van der Waals surface area contributed by atoms with Crippen molar-refractivity contribution in [3.05, 3.63) is 95.8 Å². The molecule has 6 heterocycles. The Labute approximate surface area is 350 Å². The van der Waals surface area contributed by atoms with E-state index in [2.05, 4.69) is 78.9 Å². The molecule has 0 spiro atoms. The summed E-state index contributed by atoms with van der Waals surface area (Å²) in [5, 5.41) is 6.78. The highest BCUT2D eigenvalue weighted by molar-refractivity contribution is 6.01. The minimum atomic E-state index is -0.624. The van der Waals surface area contributed by atoms with Crippen LogP contribution >= 0.6 is 0 Å². The standard InChI is InChI=1S/C47H52N8O5/c1-29-39(25-48-44-42(29)55(21-22-59-44)46(58)60-47(2,3)4)33-5-6-34-24-49-45(51-40(34)23-33)50-36-11-7-31(8-12-36)35-27-53(28-35)26-30-17-19-54(20-18-30)37-13-9-32(10-14-37)38-15-16-41(56)52-43(38)57/h5-14,23-25,30,35,38H,15-22,26-28H2,1-4H3,(H,49,50,51)(H,52,56,57). The second-order valence-corrected chi connectivity index (χ2v) is 17.6. The quantitative estimate of drug-likeness (QED) is 0.149. The molecule has 4 aliphatic rings. The number of pyridine rings is 1. The van der Waals surface area contributed by atoms with Crippen molar-refractivity contribution in [2.45, 2.75) is 70.8 Å². The van der Waals surface area contributed by atoms with Crippen molar-refractivity contribution < 1.29 is 23.9 Å². The normalized spacial score (nSPS) is 19.0. The van der Waals surface area contributed by atoms with E-state index in [-0.39, 0.29) is 17.7 Å². The summed E-state index contributed by atoms with van der Waals surface area (Å²) >= 11 is 0. The Morgan fingerprint density at radius 3 is 2.40 bits per heavy atom. The van der Waals surface area contributed by atoms with E-state index in [1.807, 2.05) is 52.1 Å². The Bertz CT molecular complexity index is 2420. The molecule has 9 rings (SSSR count). The molecule has 0 radical (unpaired) electrons. The molecule has 0 saturated carbocycles. The van der Waals surface area contributed by atoms with E-state index in [9.17, 15) is 14.4 Å². The number of benzene rings is 3. The number of rotatable bonds is 8. The number of fused-ring (bicyclic) bond motifs is 2. The minimum Gasteiger partial charge on any atom is -0.474 e. The molecular formula is C47H52N8O5. The molecule has 3 saturated heterocycles. The molecule has 2 aromatic heterocycles. The van der Waals surface area contributed by atoms with E-state index in [0.717, 1.165) is 71.6 Å². The third kappa shape index (κ3) is 8.36. The van der Waals surface area contributed by atoms with Gasteiger partial charge in [-0.05, 0) is 105 Å². The van der Waals surface area contributed by atoms with E-state index >= 15 is 0 Å². The van der Waals surface area contributed by atoms with Crippen LogP contribution in [0.25, 0.3) is 22.0 Å². The molecule has 13 nitrogen and oxygen atoms in total. The first-order valence-corrected chi connectivity index (χ1v) is 21.1. The predicted octanol–water partition coefficient (Wildman–Crippen LogP) is 7.71. The van der Waals surface area contributed by atoms with Crippen LogP contribution < -0.4 is 25.2 Å². The van der Waals surface area contributed by atoms with Crippen molar-refractivity contribution in [3.8, 4) is 17.0 Å². The molecule has 1 atom stereocenters. The molecule has 13 heteroatoms. The van der Waals surface area contributed by atoms with Gasteiger partial charge in [-0.25, -0.2) is 19.7 Å². The zero-order valence-corrected chi connectivity index (χ0v) is 34.7. The van der Waals surface area contributed by atoms with Gasteiger partial charge < -0.3 is 24.6 Å². The van der Waals surface area contributed by atoms with Crippen molar-refractivity contribution in [1.82, 2.24) is 25.2 Å². The monoisotopic (exact) mass is 808 g/mol. The van der Waals surface area contributed by atoms with Gasteiger partial charge in [-0.3, -0.25) is 19.8 Å². The number of aromatic nitrogens is 3. The average molecular weight is 809 g/mol. The van der Waals surface area contributed by atoms with Crippen LogP contribution in [0.3, 0.4) is 0 Å². The van der Waals surface area contributed by atoms with Gasteiger partial charge in [-0.1, -0.05) is 36.4 Å². The third-order valence-electron chi connectivity index (χ3n) is 12.2. The first-order chi connectivity index (χ1) is 28.9. The molecule has 3 aromatic carbocycles. The van der Waals surface area contributed by atoms with Crippen LogP contribution in [-0.4, -0.2) is 89.2 Å². The Hall–Kier alpha value is -6.08. The van der Waals surface area contributed by atoms with Crippen molar-refractivity contribution in [2.75, 3.05) is 61.0 Å². The summed E-state index contributed by atoms with van der Waals surface area (Å²) in [7, 11) is 0. The van der Waals surface area contributed by atoms with Gasteiger partial charge in [-0.2, -0.15) is 0 Å². The first kappa shape index (κ1) is 39.4. The van der Waals surface area contributed by atoms with Crippen LogP contribution in [0.2, 0.25) is 0 Å². The summed E-state index contributed by atoms with van der Waals surface area (Å²) in [5.74, 6) is 1.56. The van der Waals surface area contributed by atoms with Crippen molar-refractivity contribution >= 4 is 51.8 Å². The van der Waals surface area contributed by atoms with Gasteiger partial charge in [0, 0.05) is 79.8 Å². The van der Waals surface area contributed by atoms with Crippen molar-refractivity contribution in [2.24, 2.45) is 5.92 Å². The van der Waals surface area contributed by atoms with Gasteiger partial charge in [0.05, 0.1) is 18.0 Å². The number of hydrogen-bond acceptors (Lipinski definition) is 11. The summed E-state index contributed by atoms with van der Waals surface area (Å²) in [5.41, 5.74) is 7.94. The molecule has 0 aliphatic carbocycles. The largest absolute Gasteiger partial charge is 0.474 e. The lowest BCUT2D eigenvalue weighted by Gasteiger charge is -2.43. The number of likely N-dealkylation sites (tertiary alicyclic amines) is 1. The first-order valence-electron chi connectivity index (χ1n) is 21.1. The number of nitrogens with one attached hydrogen (secondary N) is 2. The van der Waals surface area contributed by atoms with Gasteiger partial charge in [0.25, 0.3) is 0 Å². The molecule has 3 fully saturated rings. The number of carbonyl (C=O) groups excluding carboxylic acids is 3. The van der Waals surface area contributed by atoms with Gasteiger partial charge in [0.2, 0.25) is 23.6 Å². The van der Waals surface area contributed by atoms with Gasteiger partial charge in [0.1, 0.15) is 17.9 Å². The van der Waals surface area contributed by atoms with Crippen molar-refractivity contribution in [3.63, 3.8) is 0 Å². The topological polar surface area (TPSA) is 142 Å². The van der Waals surface area contributed by atoms with Gasteiger partial charge in [-0.15, -0.1) is 0 Å². The molecule has 5 aromatic rings. The molecular weight excluding hydrogens is 757 g/mol. The lowest BCUT2D eigenvalue weighted by Crippen LogP contribution is -2.48. The Morgan fingerprint density at radius 2 is 1.67 bits per heavy atom. The fraction of sp³-hybridized carbons (Fsp3) is 0.404. The fourth-order valence-electron chi connectivity index (χ4n) is 8.95. The molecule has 60 heavy (non-hydrogen) atoms. The van der Waals surface area contributed by atoms with Crippen molar-refractivity contribution in [1.29, 1.82) is 0 Å². The maximum absolute atomic E-state index is 13.2. The predicted molar refractivity (Wildman–Crippen MR) is 232 cm³/mol. The summed E-state index contributed by atoms with van der Waals surface area (Å²) < 4.78 is 11.5. The van der Waals surface area contributed by atoms with E-state index in [1.165, 1.54) is 24.1 Å². The number of amides is 3. The van der Waals surface area contributed by atoms with E-state index in [1.54, 1.807) is 11.1 Å². The van der Waals surface area contributed by atoms with E-state index in [0.29, 0.717) is 55.3 Å². The van der Waals surface area contributed by atoms with E-state index in [4.69, 9.17) is 14.5 Å². The van der Waals surface area contributed by atoms with Crippen LogP contribution in [0.15, 0.2) is 79.1 Å². The summed E-state index contributed by atoms with van der Waals surface area (Å²) in [6.07, 6.45) is 6.51. The molecule has 310 valence electrons. The van der Waals surface area contributed by atoms with Crippen LogP contribution in [0.1, 0.15) is 75.0 Å². The number of carbonyl (C=O) groups is 3. The maximum Gasteiger partial charge on any atom is 0.415 e. The van der Waals surface area contributed by atoms with Crippen LogP contribution in [0, 0.1) is 12.8 Å². The van der Waals surface area contributed by atoms with E-state index < -0.39 is 11.7 Å². The summed E-state index contributed by atoms with van der Waals surface area (Å²) in [6.45, 7) is 13.6. The summed E-state index contributed by atoms with van der Waals surface area (Å²) in [4.78, 5) is 57.7. The third-order valence-corrected chi connectivity index (χ3v) is 12.2. The molecule has 4 aliphatic heterocycles. The van der Waals surface area contributed by atoms with Crippen LogP contribution in [0.5, 0.6) is 5.88 Å². The zero-order valence-electron chi connectivity index (χ0n) is 34.7. The maximum atomic E-state index is 13.2. The summed E-state index contributed by atoms with van der Waals surface area (Å²) in [6, 6.07) is 23.0. The fourth-order valence-corrected chi connectivity index (χ4v) is 8.95. The number of hydrogen-bond donors (Lipinski definition) is 2. The number of anilines is 4. The highest BCUT2D eigenvalue weighted by Crippen LogP contribution is 2.40. The number of nitrogens with zero attached hydrogens (tertiary/aromatic N) is 6. The Morgan fingerprint density at radius 1 is 0.917 bits per heavy atom. The van der Waals surface area contributed by atoms with Crippen LogP contribution in [-0.2, 0) is 14.3 Å². The SMILES string of the molecule is Cc1c(-c2ccc3cnc(Nc4ccc(C5CN(CC6CCN(c7ccc(C8CCC(=O)NC8=O)cc7)CC6)C5)cc4)nc3c2)cnc2c1N(C(=O)OC(C)(C)C)CCO2.